The molecule has 1 aliphatic heterocycles. The van der Waals surface area contributed by atoms with Crippen LogP contribution in [0.1, 0.15) is 25.3 Å². The van der Waals surface area contributed by atoms with Crippen LogP contribution in [-0.4, -0.2) is 61.5 Å². The predicted molar refractivity (Wildman–Crippen MR) is 127 cm³/mol. The fourth-order valence-electron chi connectivity index (χ4n) is 2.90. The van der Waals surface area contributed by atoms with E-state index in [1.165, 1.54) is 18.6 Å². The van der Waals surface area contributed by atoms with Gasteiger partial charge in [-0.25, -0.2) is 0 Å². The number of halogens is 1. The monoisotopic (exact) mass is 505 g/mol. The van der Waals surface area contributed by atoms with E-state index in [0.717, 1.165) is 23.8 Å². The smallest absolute Gasteiger partial charge is 0.238 e. The van der Waals surface area contributed by atoms with Crippen LogP contribution in [0, 0.1) is 0 Å². The molecule has 8 heteroatoms. The van der Waals surface area contributed by atoms with Gasteiger partial charge < -0.3 is 20.9 Å². The summed E-state index contributed by atoms with van der Waals surface area (Å²) < 4.78 is 0.300. The normalized spacial score (nSPS) is 19.5. The van der Waals surface area contributed by atoms with Crippen molar-refractivity contribution in [2.24, 2.45) is 4.99 Å². The quantitative estimate of drug-likeness (QED) is 0.302. The lowest BCUT2D eigenvalue weighted by Gasteiger charge is -2.24. The molecule has 1 unspecified atom stereocenters. The molecule has 152 valence electrons. The van der Waals surface area contributed by atoms with Crippen LogP contribution < -0.4 is 16.0 Å². The number of amides is 1. The van der Waals surface area contributed by atoms with Crippen LogP contribution in [0.2, 0.25) is 0 Å². The van der Waals surface area contributed by atoms with Gasteiger partial charge in [0.15, 0.2) is 5.96 Å². The first-order valence-corrected chi connectivity index (χ1v) is 10.0. The molecule has 1 aromatic rings. The summed E-state index contributed by atoms with van der Waals surface area (Å²) in [5.74, 6) is 2.04. The Labute approximate surface area is 184 Å². The van der Waals surface area contributed by atoms with Gasteiger partial charge >= 0.3 is 0 Å². The molecule has 2 rings (SSSR count). The summed E-state index contributed by atoms with van der Waals surface area (Å²) in [6, 6.07) is 7.88. The standard InChI is InChI=1S/C19H31N5OS.HI/c1-19(9-6-10-26-19)14-22-18(20-2)21-12-15-7-5-8-16(11-15)23-17(25)13-24(3)4;/h5,7-8,11H,6,9-10,12-14H2,1-4H3,(H,23,25)(H2,20,21,22);1H. The van der Waals surface area contributed by atoms with Crippen LogP contribution in [0.15, 0.2) is 29.3 Å². The maximum absolute atomic E-state index is 11.9. The summed E-state index contributed by atoms with van der Waals surface area (Å²) in [4.78, 5) is 18.0. The van der Waals surface area contributed by atoms with Crippen molar-refractivity contribution < 1.29 is 4.79 Å². The molecule has 0 radical (unpaired) electrons. The third-order valence-electron chi connectivity index (χ3n) is 4.28. The number of thioether (sulfide) groups is 1. The van der Waals surface area contributed by atoms with Crippen molar-refractivity contribution in [1.29, 1.82) is 0 Å². The lowest BCUT2D eigenvalue weighted by atomic mass is 10.1. The van der Waals surface area contributed by atoms with Crippen LogP contribution in [0.25, 0.3) is 0 Å². The third kappa shape index (κ3) is 8.69. The van der Waals surface area contributed by atoms with Crippen molar-refractivity contribution in [2.75, 3.05) is 45.3 Å². The molecule has 1 amide bonds. The molecule has 0 bridgehead atoms. The third-order valence-corrected chi connectivity index (χ3v) is 5.82. The van der Waals surface area contributed by atoms with Gasteiger partial charge in [-0.05, 0) is 57.3 Å². The first-order chi connectivity index (χ1) is 12.4. The van der Waals surface area contributed by atoms with Gasteiger partial charge in [-0.1, -0.05) is 12.1 Å². The Hall–Kier alpha value is -1.00. The highest BCUT2D eigenvalue weighted by atomic mass is 127. The van der Waals surface area contributed by atoms with Crippen LogP contribution >= 0.6 is 35.7 Å². The number of hydrogen-bond donors (Lipinski definition) is 3. The molecule has 1 heterocycles. The number of rotatable bonds is 7. The SMILES string of the molecule is CN=C(NCc1cccc(NC(=O)CN(C)C)c1)NCC1(C)CCCS1.I. The highest BCUT2D eigenvalue weighted by Gasteiger charge is 2.29. The summed E-state index contributed by atoms with van der Waals surface area (Å²) in [6.07, 6.45) is 2.54. The van der Waals surface area contributed by atoms with Gasteiger partial charge in [0.2, 0.25) is 5.91 Å². The number of aliphatic imine (C=N–C) groups is 1. The minimum Gasteiger partial charge on any atom is -0.355 e. The number of nitrogens with zero attached hydrogens (tertiary/aromatic N) is 2. The number of carbonyl (C=O) groups excluding carboxylic acids is 1. The number of hydrogen-bond acceptors (Lipinski definition) is 4. The fraction of sp³-hybridized carbons (Fsp3) is 0.579. The molecule has 1 atom stereocenters. The number of carbonyl (C=O) groups is 1. The molecule has 6 nitrogen and oxygen atoms in total. The zero-order valence-electron chi connectivity index (χ0n) is 16.7. The summed E-state index contributed by atoms with van der Waals surface area (Å²) in [6.45, 7) is 4.25. The van der Waals surface area contributed by atoms with E-state index in [1.54, 1.807) is 7.05 Å². The molecule has 1 aromatic carbocycles. The van der Waals surface area contributed by atoms with Crippen LogP contribution in [0.5, 0.6) is 0 Å². The van der Waals surface area contributed by atoms with Crippen LogP contribution in [-0.2, 0) is 11.3 Å². The molecule has 1 aliphatic rings. The van der Waals surface area contributed by atoms with Crippen molar-refractivity contribution in [3.63, 3.8) is 0 Å². The zero-order valence-corrected chi connectivity index (χ0v) is 19.8. The van der Waals surface area contributed by atoms with Crippen molar-refractivity contribution in [3.05, 3.63) is 29.8 Å². The van der Waals surface area contributed by atoms with E-state index in [2.05, 4.69) is 27.9 Å². The Morgan fingerprint density at radius 3 is 2.74 bits per heavy atom. The molecule has 3 N–H and O–H groups in total. The summed E-state index contributed by atoms with van der Waals surface area (Å²) >= 11 is 2.03. The van der Waals surface area contributed by atoms with E-state index in [9.17, 15) is 4.79 Å². The number of guanidine groups is 1. The second-order valence-corrected chi connectivity index (χ2v) is 8.85. The molecule has 1 saturated heterocycles. The summed E-state index contributed by atoms with van der Waals surface area (Å²) in [5, 5.41) is 9.71. The van der Waals surface area contributed by atoms with Gasteiger partial charge in [0.1, 0.15) is 0 Å². The van der Waals surface area contributed by atoms with E-state index < -0.39 is 0 Å². The lowest BCUT2D eigenvalue weighted by molar-refractivity contribution is -0.116. The Morgan fingerprint density at radius 2 is 2.11 bits per heavy atom. The highest BCUT2D eigenvalue weighted by Crippen LogP contribution is 2.36. The fourth-order valence-corrected chi connectivity index (χ4v) is 4.14. The number of likely N-dealkylation sites (N-methyl/N-ethyl adjacent to an activating group) is 1. The Balaban J connectivity index is 0.00000364. The van der Waals surface area contributed by atoms with Gasteiger partial charge in [-0.15, -0.1) is 24.0 Å². The van der Waals surface area contributed by atoms with Crippen LogP contribution in [0.4, 0.5) is 5.69 Å². The predicted octanol–water partition coefficient (Wildman–Crippen LogP) is 2.76. The maximum Gasteiger partial charge on any atom is 0.238 e. The summed E-state index contributed by atoms with van der Waals surface area (Å²) in [7, 11) is 5.55. The van der Waals surface area contributed by atoms with Gasteiger partial charge in [-0.2, -0.15) is 11.8 Å². The minimum absolute atomic E-state index is 0. The van der Waals surface area contributed by atoms with E-state index >= 15 is 0 Å². The first kappa shape index (κ1) is 24.0. The van der Waals surface area contributed by atoms with E-state index in [4.69, 9.17) is 0 Å². The van der Waals surface area contributed by atoms with Crippen molar-refractivity contribution in [2.45, 2.75) is 31.1 Å². The Bertz CT molecular complexity index is 632. The van der Waals surface area contributed by atoms with Crippen LogP contribution in [0.3, 0.4) is 0 Å². The molecule has 0 aromatic heterocycles. The summed E-state index contributed by atoms with van der Waals surface area (Å²) in [5.41, 5.74) is 1.91. The van der Waals surface area contributed by atoms with Crippen molar-refractivity contribution in [3.8, 4) is 0 Å². The molecule has 0 spiro atoms. The van der Waals surface area contributed by atoms with Gasteiger partial charge in [-0.3, -0.25) is 9.79 Å². The zero-order chi connectivity index (χ0) is 19.0. The Kier molecular flexibility index (Phi) is 10.5. The van der Waals surface area contributed by atoms with Gasteiger partial charge in [0.05, 0.1) is 6.54 Å². The van der Waals surface area contributed by atoms with Crippen molar-refractivity contribution in [1.82, 2.24) is 15.5 Å². The molecule has 27 heavy (non-hydrogen) atoms. The largest absolute Gasteiger partial charge is 0.355 e. The molecule has 1 fully saturated rings. The molecular weight excluding hydrogens is 473 g/mol. The van der Waals surface area contributed by atoms with Gasteiger partial charge in [0.25, 0.3) is 0 Å². The van der Waals surface area contributed by atoms with Gasteiger partial charge in [0, 0.05) is 30.6 Å². The number of nitrogens with one attached hydrogen (secondary N) is 3. The average Bonchev–Trinajstić information content (AvgIpc) is 3.01. The second kappa shape index (κ2) is 11.8. The first-order valence-electron chi connectivity index (χ1n) is 9.02. The van der Waals surface area contributed by atoms with E-state index in [0.29, 0.717) is 17.8 Å². The lowest BCUT2D eigenvalue weighted by Crippen LogP contribution is -2.43. The number of anilines is 1. The average molecular weight is 505 g/mol. The Morgan fingerprint density at radius 1 is 1.33 bits per heavy atom. The van der Waals surface area contributed by atoms with E-state index in [1.807, 2.05) is 55.0 Å². The topological polar surface area (TPSA) is 68.8 Å². The molecule has 0 saturated carbocycles. The second-order valence-electron chi connectivity index (χ2n) is 7.17. The molecular formula is C19H32IN5OS. The van der Waals surface area contributed by atoms with Crippen molar-refractivity contribution >= 4 is 53.3 Å². The number of benzene rings is 1. The minimum atomic E-state index is -0.0140. The van der Waals surface area contributed by atoms with E-state index in [-0.39, 0.29) is 29.9 Å². The maximum atomic E-state index is 11.9. The molecule has 0 aliphatic carbocycles. The highest BCUT2D eigenvalue weighted by molar-refractivity contribution is 14.0.